The van der Waals surface area contributed by atoms with E-state index >= 15 is 0 Å². The van der Waals surface area contributed by atoms with Gasteiger partial charge in [0.15, 0.2) is 5.78 Å². The van der Waals surface area contributed by atoms with Crippen LogP contribution in [0.15, 0.2) is 54.9 Å². The molecule has 2 heterocycles. The summed E-state index contributed by atoms with van der Waals surface area (Å²) in [6.07, 6.45) is 4.06. The third-order valence-corrected chi connectivity index (χ3v) is 3.91. The molecule has 0 unspecified atom stereocenters. The average Bonchev–Trinajstić information content (AvgIpc) is 3.01. The van der Waals surface area contributed by atoms with E-state index in [0.717, 1.165) is 16.9 Å². The number of carbonyl (C=O) groups excluding carboxylic acids is 2. The predicted octanol–water partition coefficient (Wildman–Crippen LogP) is 2.92. The van der Waals surface area contributed by atoms with E-state index in [-0.39, 0.29) is 24.5 Å². The highest BCUT2D eigenvalue weighted by Gasteiger charge is 2.10. The molecule has 0 saturated carbocycles. The summed E-state index contributed by atoms with van der Waals surface area (Å²) in [5.74, 6) is 0.600. The Morgan fingerprint density at radius 3 is 2.67 bits per heavy atom. The number of pyridine rings is 1. The van der Waals surface area contributed by atoms with E-state index in [1.807, 2.05) is 47.9 Å². The van der Waals surface area contributed by atoms with Crippen molar-refractivity contribution < 1.29 is 9.59 Å². The first-order valence-electron chi connectivity index (χ1n) is 7.91. The molecule has 0 radical (unpaired) electrons. The van der Waals surface area contributed by atoms with E-state index in [0.29, 0.717) is 12.1 Å². The molecule has 0 saturated heterocycles. The van der Waals surface area contributed by atoms with Crippen molar-refractivity contribution >= 4 is 17.2 Å². The monoisotopic (exact) mass is 321 g/mol. The Bertz CT molecular complexity index is 866. The van der Waals surface area contributed by atoms with Crippen molar-refractivity contribution in [2.75, 3.05) is 0 Å². The van der Waals surface area contributed by atoms with Gasteiger partial charge in [0.05, 0.1) is 18.3 Å². The molecule has 3 rings (SSSR count). The zero-order valence-electron chi connectivity index (χ0n) is 13.5. The number of benzene rings is 1. The van der Waals surface area contributed by atoms with E-state index in [2.05, 4.69) is 10.3 Å². The second-order valence-corrected chi connectivity index (χ2v) is 5.74. The predicted molar refractivity (Wildman–Crippen MR) is 91.8 cm³/mol. The van der Waals surface area contributed by atoms with E-state index in [9.17, 15) is 9.59 Å². The molecule has 0 atom stereocenters. The topological polar surface area (TPSA) is 63.5 Å². The number of carbonyl (C=O) groups is 2. The largest absolute Gasteiger partial charge is 0.349 e. The first kappa shape index (κ1) is 15.9. The van der Waals surface area contributed by atoms with Gasteiger partial charge in [-0.3, -0.25) is 9.59 Å². The van der Waals surface area contributed by atoms with E-state index in [1.165, 1.54) is 0 Å². The molecule has 2 aromatic heterocycles. The van der Waals surface area contributed by atoms with Gasteiger partial charge < -0.3 is 9.72 Å². The number of nitrogens with zero attached hydrogens (tertiary/aromatic N) is 2. The van der Waals surface area contributed by atoms with Crippen LogP contribution < -0.4 is 5.32 Å². The quantitative estimate of drug-likeness (QED) is 0.710. The van der Waals surface area contributed by atoms with Crippen LogP contribution in [-0.4, -0.2) is 21.1 Å². The molecule has 1 N–H and O–H groups in total. The molecular formula is C19H19N3O2. The smallest absolute Gasteiger partial charge is 0.220 e. The highest BCUT2D eigenvalue weighted by atomic mass is 16.2. The number of ketones is 1. The number of amides is 1. The number of imidazole rings is 1. The molecule has 1 aromatic carbocycles. The van der Waals surface area contributed by atoms with Crippen LogP contribution >= 0.6 is 0 Å². The van der Waals surface area contributed by atoms with Crippen molar-refractivity contribution in [3.63, 3.8) is 0 Å². The Balaban J connectivity index is 1.51. The Morgan fingerprint density at radius 1 is 1.08 bits per heavy atom. The first-order valence-corrected chi connectivity index (χ1v) is 7.91. The van der Waals surface area contributed by atoms with Gasteiger partial charge in [0, 0.05) is 24.6 Å². The summed E-state index contributed by atoms with van der Waals surface area (Å²) < 4.78 is 1.93. The standard InChI is InChI=1S/C19H19N3O2/c1-14-5-7-15(8-6-14)17(23)9-10-19(24)21-13-18-20-12-16-4-2-3-11-22(16)18/h2-8,11-12H,9-10,13H2,1H3,(H,21,24). The minimum Gasteiger partial charge on any atom is -0.349 e. The number of aryl methyl sites for hydroxylation is 1. The molecular weight excluding hydrogens is 302 g/mol. The van der Waals surface area contributed by atoms with Gasteiger partial charge in [-0.1, -0.05) is 35.9 Å². The lowest BCUT2D eigenvalue weighted by Gasteiger charge is -2.05. The van der Waals surface area contributed by atoms with Gasteiger partial charge in [-0.15, -0.1) is 0 Å². The Kier molecular flexibility index (Phi) is 4.70. The van der Waals surface area contributed by atoms with E-state index in [1.54, 1.807) is 18.3 Å². The fourth-order valence-corrected chi connectivity index (χ4v) is 2.51. The Labute approximate surface area is 140 Å². The number of nitrogens with one attached hydrogen (secondary N) is 1. The third-order valence-electron chi connectivity index (χ3n) is 3.91. The lowest BCUT2D eigenvalue weighted by Crippen LogP contribution is -2.24. The number of fused-ring (bicyclic) bond motifs is 1. The highest BCUT2D eigenvalue weighted by molar-refractivity contribution is 5.97. The summed E-state index contributed by atoms with van der Waals surface area (Å²) in [6.45, 7) is 2.32. The molecule has 5 nitrogen and oxygen atoms in total. The van der Waals surface area contributed by atoms with E-state index in [4.69, 9.17) is 0 Å². The van der Waals surface area contributed by atoms with Crippen molar-refractivity contribution in [3.05, 3.63) is 71.8 Å². The van der Waals surface area contributed by atoms with E-state index < -0.39 is 0 Å². The van der Waals surface area contributed by atoms with Gasteiger partial charge in [0.2, 0.25) is 5.91 Å². The minimum absolute atomic E-state index is 0.0172. The van der Waals surface area contributed by atoms with Gasteiger partial charge in [0.1, 0.15) is 5.82 Å². The molecule has 0 aliphatic carbocycles. The van der Waals surface area contributed by atoms with Crippen molar-refractivity contribution in [1.82, 2.24) is 14.7 Å². The summed E-state index contributed by atoms with van der Waals surface area (Å²) in [4.78, 5) is 28.3. The number of rotatable bonds is 6. The molecule has 1 amide bonds. The van der Waals surface area contributed by atoms with Gasteiger partial charge >= 0.3 is 0 Å². The Hall–Kier alpha value is -2.95. The third kappa shape index (κ3) is 3.68. The maximum atomic E-state index is 12.1. The molecule has 122 valence electrons. The minimum atomic E-state index is -0.150. The second-order valence-electron chi connectivity index (χ2n) is 5.74. The van der Waals surface area contributed by atoms with Crippen LogP contribution in [0.25, 0.3) is 5.52 Å². The fourth-order valence-electron chi connectivity index (χ4n) is 2.51. The number of hydrogen-bond donors (Lipinski definition) is 1. The molecule has 0 bridgehead atoms. The molecule has 24 heavy (non-hydrogen) atoms. The summed E-state index contributed by atoms with van der Waals surface area (Å²) in [6, 6.07) is 13.2. The van der Waals surface area contributed by atoms with Crippen molar-refractivity contribution in [2.45, 2.75) is 26.3 Å². The van der Waals surface area contributed by atoms with Crippen LogP contribution in [0, 0.1) is 6.92 Å². The second kappa shape index (κ2) is 7.08. The normalized spacial score (nSPS) is 10.7. The SMILES string of the molecule is Cc1ccc(C(=O)CCC(=O)NCc2ncc3ccccn23)cc1. The van der Waals surface area contributed by atoms with Crippen LogP contribution in [-0.2, 0) is 11.3 Å². The van der Waals surface area contributed by atoms with Gasteiger partial charge in [-0.05, 0) is 19.1 Å². The molecule has 0 aliphatic heterocycles. The summed E-state index contributed by atoms with van der Waals surface area (Å²) in [7, 11) is 0. The van der Waals surface area contributed by atoms with Crippen molar-refractivity contribution in [2.24, 2.45) is 0 Å². The maximum absolute atomic E-state index is 12.1. The van der Waals surface area contributed by atoms with Crippen molar-refractivity contribution in [3.8, 4) is 0 Å². The molecule has 5 heteroatoms. The van der Waals surface area contributed by atoms with Crippen LogP contribution in [0.4, 0.5) is 0 Å². The number of Topliss-reactive ketones (excluding diaryl/α,β-unsaturated/α-hetero) is 1. The van der Waals surface area contributed by atoms with Crippen LogP contribution in [0.1, 0.15) is 34.6 Å². The van der Waals surface area contributed by atoms with Crippen LogP contribution in [0.2, 0.25) is 0 Å². The molecule has 3 aromatic rings. The number of aromatic nitrogens is 2. The van der Waals surface area contributed by atoms with Crippen LogP contribution in [0.3, 0.4) is 0 Å². The highest BCUT2D eigenvalue weighted by Crippen LogP contribution is 2.08. The van der Waals surface area contributed by atoms with Gasteiger partial charge in [-0.2, -0.15) is 0 Å². The molecule has 0 aliphatic rings. The maximum Gasteiger partial charge on any atom is 0.220 e. The zero-order valence-corrected chi connectivity index (χ0v) is 13.5. The fraction of sp³-hybridized carbons (Fsp3) is 0.211. The lowest BCUT2D eigenvalue weighted by molar-refractivity contribution is -0.121. The zero-order chi connectivity index (χ0) is 16.9. The van der Waals surface area contributed by atoms with Gasteiger partial charge in [0.25, 0.3) is 0 Å². The van der Waals surface area contributed by atoms with Crippen LogP contribution in [0.5, 0.6) is 0 Å². The summed E-state index contributed by atoms with van der Waals surface area (Å²) in [5, 5.41) is 2.82. The van der Waals surface area contributed by atoms with Crippen molar-refractivity contribution in [1.29, 1.82) is 0 Å². The average molecular weight is 321 g/mol. The first-order chi connectivity index (χ1) is 11.6. The summed E-state index contributed by atoms with van der Waals surface area (Å²) in [5.41, 5.74) is 2.74. The summed E-state index contributed by atoms with van der Waals surface area (Å²) >= 11 is 0. The lowest BCUT2D eigenvalue weighted by atomic mass is 10.1. The number of hydrogen-bond acceptors (Lipinski definition) is 3. The Morgan fingerprint density at radius 2 is 1.88 bits per heavy atom. The molecule has 0 spiro atoms. The van der Waals surface area contributed by atoms with Gasteiger partial charge in [-0.25, -0.2) is 4.98 Å². The molecule has 0 fully saturated rings.